The summed E-state index contributed by atoms with van der Waals surface area (Å²) in [7, 11) is 0. The molecule has 1 N–H and O–H groups in total. The van der Waals surface area contributed by atoms with Gasteiger partial charge in [-0.25, -0.2) is 4.79 Å². The molecular formula is C25H30O2. The number of benzene rings is 2. The van der Waals surface area contributed by atoms with Gasteiger partial charge >= 0.3 is 5.97 Å². The van der Waals surface area contributed by atoms with Gasteiger partial charge < -0.3 is 5.11 Å². The molecule has 0 heterocycles. The zero-order valence-corrected chi connectivity index (χ0v) is 17.3. The van der Waals surface area contributed by atoms with Gasteiger partial charge in [0, 0.05) is 0 Å². The van der Waals surface area contributed by atoms with E-state index in [1.54, 1.807) is 6.07 Å². The van der Waals surface area contributed by atoms with Crippen LogP contribution in [0.1, 0.15) is 84.3 Å². The summed E-state index contributed by atoms with van der Waals surface area (Å²) in [4.78, 5) is 11.2. The van der Waals surface area contributed by atoms with Gasteiger partial charge in [0.1, 0.15) is 0 Å². The zero-order chi connectivity index (χ0) is 20.0. The van der Waals surface area contributed by atoms with E-state index in [2.05, 4.69) is 58.9 Å². The van der Waals surface area contributed by atoms with Crippen molar-refractivity contribution < 1.29 is 9.90 Å². The van der Waals surface area contributed by atoms with Crippen molar-refractivity contribution >= 4 is 18.1 Å². The van der Waals surface area contributed by atoms with Gasteiger partial charge in [-0.15, -0.1) is 0 Å². The maximum absolute atomic E-state index is 11.2. The molecule has 3 rings (SSSR count). The Kier molecular flexibility index (Phi) is 4.80. The minimum Gasteiger partial charge on any atom is -0.478 e. The summed E-state index contributed by atoms with van der Waals surface area (Å²) in [5.41, 5.74) is 8.05. The molecule has 2 aromatic carbocycles. The van der Waals surface area contributed by atoms with Crippen LogP contribution in [-0.4, -0.2) is 11.1 Å². The first-order valence-corrected chi connectivity index (χ1v) is 9.69. The number of aromatic carboxylic acids is 1. The predicted molar refractivity (Wildman–Crippen MR) is 114 cm³/mol. The highest BCUT2D eigenvalue weighted by atomic mass is 16.4. The third-order valence-electron chi connectivity index (χ3n) is 6.18. The van der Waals surface area contributed by atoms with Crippen LogP contribution >= 0.6 is 0 Å². The molecule has 2 nitrogen and oxygen atoms in total. The molecule has 0 unspecified atom stereocenters. The maximum Gasteiger partial charge on any atom is 0.335 e. The van der Waals surface area contributed by atoms with Crippen molar-refractivity contribution in [1.29, 1.82) is 0 Å². The van der Waals surface area contributed by atoms with Crippen molar-refractivity contribution in [3.8, 4) is 0 Å². The lowest BCUT2D eigenvalue weighted by atomic mass is 9.62. The van der Waals surface area contributed by atoms with Crippen LogP contribution in [0.2, 0.25) is 0 Å². The summed E-state index contributed by atoms with van der Waals surface area (Å²) in [5, 5.41) is 9.19. The molecule has 0 amide bonds. The van der Waals surface area contributed by atoms with Crippen molar-refractivity contribution in [3.63, 3.8) is 0 Å². The second-order valence-corrected chi connectivity index (χ2v) is 9.23. The topological polar surface area (TPSA) is 37.3 Å². The van der Waals surface area contributed by atoms with Crippen LogP contribution < -0.4 is 0 Å². The maximum atomic E-state index is 11.2. The third-order valence-corrected chi connectivity index (χ3v) is 6.18. The Balaban J connectivity index is 2.00. The molecule has 1 aliphatic rings. The summed E-state index contributed by atoms with van der Waals surface area (Å²) in [5.74, 6) is -0.876. The average Bonchev–Trinajstić information content (AvgIpc) is 2.57. The molecule has 0 bridgehead atoms. The van der Waals surface area contributed by atoms with Crippen LogP contribution in [0.4, 0.5) is 0 Å². The Morgan fingerprint density at radius 1 is 0.889 bits per heavy atom. The molecule has 0 spiro atoms. The van der Waals surface area contributed by atoms with Gasteiger partial charge in [-0.3, -0.25) is 0 Å². The van der Waals surface area contributed by atoms with Gasteiger partial charge in [-0.1, -0.05) is 64.1 Å². The summed E-state index contributed by atoms with van der Waals surface area (Å²) >= 11 is 0. The summed E-state index contributed by atoms with van der Waals surface area (Å²) < 4.78 is 0. The first-order chi connectivity index (χ1) is 12.5. The number of aryl methyl sites for hydroxylation is 2. The van der Waals surface area contributed by atoms with Crippen molar-refractivity contribution in [2.75, 3.05) is 0 Å². The van der Waals surface area contributed by atoms with Gasteiger partial charge in [0.25, 0.3) is 0 Å². The van der Waals surface area contributed by atoms with Crippen molar-refractivity contribution in [1.82, 2.24) is 0 Å². The van der Waals surface area contributed by atoms with Gasteiger partial charge in [-0.05, 0) is 77.0 Å². The van der Waals surface area contributed by atoms with E-state index in [1.807, 2.05) is 19.1 Å². The Hall–Kier alpha value is -2.35. The zero-order valence-electron chi connectivity index (χ0n) is 17.3. The Morgan fingerprint density at radius 2 is 1.48 bits per heavy atom. The van der Waals surface area contributed by atoms with Gasteiger partial charge in [0.15, 0.2) is 0 Å². The number of carbonyl (C=O) groups is 1. The quantitative estimate of drug-likeness (QED) is 0.631. The fraction of sp³-hybridized carbons (Fsp3) is 0.400. The molecule has 0 aliphatic heterocycles. The Morgan fingerprint density at radius 3 is 2.04 bits per heavy atom. The van der Waals surface area contributed by atoms with Crippen molar-refractivity contribution in [2.45, 2.75) is 65.2 Å². The summed E-state index contributed by atoms with van der Waals surface area (Å²) in [6, 6.07) is 10.2. The van der Waals surface area contributed by atoms with Crippen LogP contribution in [0, 0.1) is 13.8 Å². The smallest absolute Gasteiger partial charge is 0.335 e. The fourth-order valence-electron chi connectivity index (χ4n) is 4.13. The standard InChI is InChI=1S/C25H30O2/c1-16-14-21-22(25(5,6)12-11-24(21,3)4)15-19(16)9-7-18-8-10-20(23(26)27)17(2)13-18/h7-10,13-15H,11-12H2,1-6H3,(H,26,27)/b9-7+. The summed E-state index contributed by atoms with van der Waals surface area (Å²) in [6.07, 6.45) is 6.66. The average molecular weight is 363 g/mol. The van der Waals surface area contributed by atoms with E-state index in [1.165, 1.54) is 35.1 Å². The number of rotatable bonds is 3. The molecule has 27 heavy (non-hydrogen) atoms. The molecule has 0 saturated carbocycles. The van der Waals surface area contributed by atoms with E-state index in [0.29, 0.717) is 5.56 Å². The van der Waals surface area contributed by atoms with Gasteiger partial charge in [0.05, 0.1) is 5.56 Å². The second-order valence-electron chi connectivity index (χ2n) is 9.23. The molecule has 0 aromatic heterocycles. The lowest BCUT2D eigenvalue weighted by Gasteiger charge is -2.42. The molecule has 1 aliphatic carbocycles. The van der Waals surface area contributed by atoms with E-state index in [4.69, 9.17) is 0 Å². The molecule has 0 radical (unpaired) electrons. The van der Waals surface area contributed by atoms with Crippen LogP contribution in [-0.2, 0) is 10.8 Å². The van der Waals surface area contributed by atoms with E-state index in [9.17, 15) is 9.90 Å². The number of hydrogen-bond acceptors (Lipinski definition) is 1. The number of hydrogen-bond donors (Lipinski definition) is 1. The first kappa shape index (κ1) is 19.4. The third kappa shape index (κ3) is 3.71. The molecule has 2 aromatic rings. The molecule has 0 atom stereocenters. The molecule has 142 valence electrons. The lowest BCUT2D eigenvalue weighted by Crippen LogP contribution is -2.34. The monoisotopic (exact) mass is 362 g/mol. The van der Waals surface area contributed by atoms with Gasteiger partial charge in [-0.2, -0.15) is 0 Å². The Bertz CT molecular complexity index is 930. The largest absolute Gasteiger partial charge is 0.478 e. The van der Waals surface area contributed by atoms with E-state index in [0.717, 1.165) is 11.1 Å². The first-order valence-electron chi connectivity index (χ1n) is 9.69. The fourth-order valence-corrected chi connectivity index (χ4v) is 4.13. The number of carboxylic acids is 1. The lowest BCUT2D eigenvalue weighted by molar-refractivity contribution is 0.0696. The molecular weight excluding hydrogens is 332 g/mol. The van der Waals surface area contributed by atoms with Crippen LogP contribution in [0.3, 0.4) is 0 Å². The molecule has 0 saturated heterocycles. The van der Waals surface area contributed by atoms with Crippen LogP contribution in [0.25, 0.3) is 12.2 Å². The molecule has 2 heteroatoms. The highest BCUT2D eigenvalue weighted by molar-refractivity contribution is 5.90. The highest BCUT2D eigenvalue weighted by Gasteiger charge is 2.37. The number of fused-ring (bicyclic) bond motifs is 1. The van der Waals surface area contributed by atoms with Gasteiger partial charge in [0.2, 0.25) is 0 Å². The highest BCUT2D eigenvalue weighted by Crippen LogP contribution is 2.46. The van der Waals surface area contributed by atoms with E-state index < -0.39 is 5.97 Å². The van der Waals surface area contributed by atoms with Crippen molar-refractivity contribution in [3.05, 3.63) is 69.3 Å². The normalized spacial score (nSPS) is 17.7. The SMILES string of the molecule is Cc1cc2c(cc1/C=C/c1ccc(C(=O)O)c(C)c1)C(C)(C)CCC2(C)C. The van der Waals surface area contributed by atoms with Crippen LogP contribution in [0.15, 0.2) is 30.3 Å². The minimum atomic E-state index is -0.876. The van der Waals surface area contributed by atoms with Crippen LogP contribution in [0.5, 0.6) is 0 Å². The van der Waals surface area contributed by atoms with E-state index in [-0.39, 0.29) is 10.8 Å². The van der Waals surface area contributed by atoms with Crippen molar-refractivity contribution in [2.24, 2.45) is 0 Å². The Labute approximate surface area is 162 Å². The number of carboxylic acid groups (broad SMARTS) is 1. The van der Waals surface area contributed by atoms with E-state index >= 15 is 0 Å². The summed E-state index contributed by atoms with van der Waals surface area (Å²) in [6.45, 7) is 13.4. The predicted octanol–water partition coefficient (Wildman–Crippen LogP) is 6.52. The molecule has 0 fully saturated rings. The second kappa shape index (κ2) is 6.67. The minimum absolute atomic E-state index is 0.195.